The third-order valence-corrected chi connectivity index (χ3v) is 4.32. The van der Waals surface area contributed by atoms with Gasteiger partial charge in [0.2, 0.25) is 0 Å². The Kier molecular flexibility index (Phi) is 5.80. The van der Waals surface area contributed by atoms with Crippen molar-refractivity contribution >= 4 is 16.9 Å². The molecule has 0 aliphatic carbocycles. The lowest BCUT2D eigenvalue weighted by Crippen LogP contribution is -2.10. The van der Waals surface area contributed by atoms with Crippen molar-refractivity contribution in [2.24, 2.45) is 7.05 Å². The zero-order valence-electron chi connectivity index (χ0n) is 14.2. The second kappa shape index (κ2) is 7.64. The van der Waals surface area contributed by atoms with Gasteiger partial charge < -0.3 is 14.4 Å². The molecular weight excluding hydrogens is 316 g/mol. The minimum absolute atomic E-state index is 0.0316. The zero-order chi connectivity index (χ0) is 17.9. The van der Waals surface area contributed by atoms with Crippen LogP contribution < -0.4 is 4.74 Å². The first-order valence-electron chi connectivity index (χ1n) is 8.21. The van der Waals surface area contributed by atoms with Crippen molar-refractivity contribution in [3.8, 4) is 5.75 Å². The van der Waals surface area contributed by atoms with Crippen LogP contribution in [-0.2, 0) is 7.05 Å². The maximum Gasteiger partial charge on any atom is 0.387 e. The van der Waals surface area contributed by atoms with Crippen molar-refractivity contribution in [3.63, 3.8) is 0 Å². The van der Waals surface area contributed by atoms with E-state index >= 15 is 0 Å². The van der Waals surface area contributed by atoms with Crippen LogP contribution >= 0.6 is 0 Å². The van der Waals surface area contributed by atoms with Crippen LogP contribution in [0.25, 0.3) is 10.9 Å². The molecule has 0 aliphatic rings. The summed E-state index contributed by atoms with van der Waals surface area (Å²) >= 11 is 0. The van der Waals surface area contributed by atoms with Gasteiger partial charge in [0.1, 0.15) is 5.75 Å². The largest absolute Gasteiger partial charge is 0.478 e. The first-order chi connectivity index (χ1) is 11.4. The lowest BCUT2D eigenvalue weighted by molar-refractivity contribution is -0.0497. The molecule has 24 heavy (non-hydrogen) atoms. The summed E-state index contributed by atoms with van der Waals surface area (Å²) in [6.45, 7) is 1.23. The summed E-state index contributed by atoms with van der Waals surface area (Å²) < 4.78 is 31.1. The van der Waals surface area contributed by atoms with Crippen LogP contribution in [0.15, 0.2) is 18.2 Å². The van der Waals surface area contributed by atoms with Gasteiger partial charge in [-0.2, -0.15) is 8.78 Å². The fourth-order valence-corrected chi connectivity index (χ4v) is 3.43. The highest BCUT2D eigenvalue weighted by atomic mass is 19.3. The highest BCUT2D eigenvalue weighted by Gasteiger charge is 2.26. The third kappa shape index (κ3) is 3.52. The number of fused-ring (bicyclic) bond motifs is 1. The summed E-state index contributed by atoms with van der Waals surface area (Å²) in [6.07, 6.45) is 3.67. The van der Waals surface area contributed by atoms with E-state index in [-0.39, 0.29) is 17.2 Å². The Hall–Kier alpha value is -2.11. The van der Waals surface area contributed by atoms with Gasteiger partial charge in [-0.25, -0.2) is 4.79 Å². The van der Waals surface area contributed by atoms with E-state index < -0.39 is 12.6 Å². The number of halogens is 2. The molecule has 0 fully saturated rings. The molecule has 2 rings (SSSR count). The molecule has 0 spiro atoms. The molecule has 0 unspecified atom stereocenters. The quantitative estimate of drug-likeness (QED) is 0.722. The van der Waals surface area contributed by atoms with E-state index in [0.29, 0.717) is 10.9 Å². The van der Waals surface area contributed by atoms with Gasteiger partial charge in [-0.15, -0.1) is 0 Å². The molecule has 0 atom stereocenters. The maximum absolute atomic E-state index is 12.4. The molecule has 0 radical (unpaired) electrons. The van der Waals surface area contributed by atoms with Crippen LogP contribution in [0.4, 0.5) is 8.78 Å². The zero-order valence-corrected chi connectivity index (χ0v) is 14.2. The highest BCUT2D eigenvalue weighted by molar-refractivity contribution is 6.05. The van der Waals surface area contributed by atoms with E-state index in [4.69, 9.17) is 0 Å². The number of nitrogens with zero attached hydrogens (tertiary/aromatic N) is 1. The van der Waals surface area contributed by atoms with Gasteiger partial charge in [-0.05, 0) is 25.0 Å². The molecule has 0 bridgehead atoms. The van der Waals surface area contributed by atoms with Gasteiger partial charge in [0.05, 0.1) is 11.1 Å². The van der Waals surface area contributed by atoms with E-state index in [1.165, 1.54) is 12.1 Å². The minimum Gasteiger partial charge on any atom is -0.478 e. The number of alkyl halides is 2. The van der Waals surface area contributed by atoms with Crippen molar-refractivity contribution in [3.05, 3.63) is 29.5 Å². The monoisotopic (exact) mass is 339 g/mol. The van der Waals surface area contributed by atoms with Crippen LogP contribution in [0.5, 0.6) is 5.75 Å². The van der Waals surface area contributed by atoms with Gasteiger partial charge in [-0.3, -0.25) is 0 Å². The second-order valence-corrected chi connectivity index (χ2v) is 5.96. The topological polar surface area (TPSA) is 51.5 Å². The number of carboxylic acids is 1. The number of hydrogen-bond donors (Lipinski definition) is 1. The van der Waals surface area contributed by atoms with Crippen LogP contribution in [-0.4, -0.2) is 22.3 Å². The van der Waals surface area contributed by atoms with Crippen molar-refractivity contribution in [2.75, 3.05) is 0 Å². The summed E-state index contributed by atoms with van der Waals surface area (Å²) in [5.74, 6) is -0.831. The number of aromatic carboxylic acids is 1. The molecule has 132 valence electrons. The average molecular weight is 339 g/mol. The lowest BCUT2D eigenvalue weighted by Gasteiger charge is -2.18. The summed E-state index contributed by atoms with van der Waals surface area (Å²) in [4.78, 5) is 11.9. The Morgan fingerprint density at radius 3 is 2.38 bits per heavy atom. The Labute approximate surface area is 140 Å². The van der Waals surface area contributed by atoms with Gasteiger partial charge in [-0.1, -0.05) is 26.7 Å². The van der Waals surface area contributed by atoms with E-state index in [1.54, 1.807) is 13.1 Å². The van der Waals surface area contributed by atoms with E-state index in [1.807, 2.05) is 4.57 Å². The van der Waals surface area contributed by atoms with Gasteiger partial charge in [0.15, 0.2) is 0 Å². The number of carboxylic acid groups (broad SMARTS) is 1. The first kappa shape index (κ1) is 18.2. The minimum atomic E-state index is -2.91. The first-order valence-corrected chi connectivity index (χ1v) is 8.21. The van der Waals surface area contributed by atoms with Crippen LogP contribution in [0.2, 0.25) is 0 Å². The maximum atomic E-state index is 12.4. The number of ether oxygens (including phenoxy) is 1. The molecule has 4 nitrogen and oxygen atoms in total. The predicted octanol–water partition coefficient (Wildman–Crippen LogP) is 5.16. The van der Waals surface area contributed by atoms with Crippen LogP contribution in [0.3, 0.4) is 0 Å². The highest BCUT2D eigenvalue weighted by Crippen LogP contribution is 2.36. The molecule has 0 saturated heterocycles. The van der Waals surface area contributed by atoms with Crippen molar-refractivity contribution in [1.82, 2.24) is 4.57 Å². The predicted molar refractivity (Wildman–Crippen MR) is 89.1 cm³/mol. The molecule has 1 N–H and O–H groups in total. The number of benzene rings is 1. The molecule has 0 aliphatic heterocycles. The number of carbonyl (C=O) groups is 1. The average Bonchev–Trinajstić information content (AvgIpc) is 2.79. The number of hydrogen-bond acceptors (Lipinski definition) is 2. The molecule has 0 amide bonds. The number of rotatable bonds is 8. The summed E-state index contributed by atoms with van der Waals surface area (Å²) in [7, 11) is 1.79. The van der Waals surface area contributed by atoms with Gasteiger partial charge in [0, 0.05) is 30.1 Å². The SMILES string of the molecule is CCCC(CCC)c1c(C(=O)O)c2ccc(OC(F)F)cc2n1C. The molecule has 2 aromatic rings. The standard InChI is InChI=1S/C18H23F2NO3/c1-4-6-11(7-5-2)16-15(17(22)23)13-9-8-12(24-18(19)20)10-14(13)21(16)3/h8-11,18H,4-7H2,1-3H3,(H,22,23). The van der Waals surface area contributed by atoms with Crippen LogP contribution in [0.1, 0.15) is 61.5 Å². The van der Waals surface area contributed by atoms with E-state index in [0.717, 1.165) is 31.4 Å². The van der Waals surface area contributed by atoms with E-state index in [2.05, 4.69) is 18.6 Å². The number of aromatic nitrogens is 1. The van der Waals surface area contributed by atoms with Gasteiger partial charge >= 0.3 is 12.6 Å². The fraction of sp³-hybridized carbons (Fsp3) is 0.500. The molecule has 6 heteroatoms. The molecule has 1 heterocycles. The molecule has 1 aromatic carbocycles. The summed E-state index contributed by atoms with van der Waals surface area (Å²) in [5.41, 5.74) is 1.62. The molecular formula is C18H23F2NO3. The Bertz CT molecular complexity index is 719. The molecule has 0 saturated carbocycles. The Morgan fingerprint density at radius 1 is 1.25 bits per heavy atom. The Balaban J connectivity index is 2.66. The lowest BCUT2D eigenvalue weighted by atomic mass is 9.91. The smallest absolute Gasteiger partial charge is 0.387 e. The number of aryl methyl sites for hydroxylation is 1. The fourth-order valence-electron chi connectivity index (χ4n) is 3.43. The normalized spacial score (nSPS) is 11.6. The van der Waals surface area contributed by atoms with Crippen molar-refractivity contribution < 1.29 is 23.4 Å². The van der Waals surface area contributed by atoms with Crippen LogP contribution in [0, 0.1) is 0 Å². The third-order valence-electron chi connectivity index (χ3n) is 4.32. The summed E-state index contributed by atoms with van der Waals surface area (Å²) in [6, 6.07) is 4.42. The second-order valence-electron chi connectivity index (χ2n) is 5.96. The van der Waals surface area contributed by atoms with Crippen molar-refractivity contribution in [2.45, 2.75) is 52.1 Å². The summed E-state index contributed by atoms with van der Waals surface area (Å²) in [5, 5.41) is 10.3. The van der Waals surface area contributed by atoms with Crippen molar-refractivity contribution in [1.29, 1.82) is 0 Å². The Morgan fingerprint density at radius 2 is 1.88 bits per heavy atom. The van der Waals surface area contributed by atoms with Gasteiger partial charge in [0.25, 0.3) is 0 Å². The molecule has 1 aromatic heterocycles. The van der Waals surface area contributed by atoms with E-state index in [9.17, 15) is 18.7 Å².